The number of halogens is 4. The third-order valence-corrected chi connectivity index (χ3v) is 2.48. The average Bonchev–Trinajstić information content (AvgIpc) is 2.27. The molecule has 0 spiro atoms. The zero-order chi connectivity index (χ0) is 14.5. The molecule has 8 heteroatoms. The second-order valence-electron chi connectivity index (χ2n) is 3.78. The molecule has 1 rings (SSSR count). The van der Waals surface area contributed by atoms with Crippen LogP contribution in [0.15, 0.2) is 16.7 Å². The molecule has 1 N–H and O–H groups in total. The molecule has 0 aliphatic rings. The molecule has 4 nitrogen and oxygen atoms in total. The summed E-state index contributed by atoms with van der Waals surface area (Å²) in [5.74, 6) is -0.0656. The van der Waals surface area contributed by atoms with E-state index in [0.29, 0.717) is 5.82 Å². The van der Waals surface area contributed by atoms with Crippen molar-refractivity contribution in [2.45, 2.75) is 19.5 Å². The number of nitrogens with zero attached hydrogens (tertiary/aromatic N) is 1. The first-order valence-corrected chi connectivity index (χ1v) is 6.14. The summed E-state index contributed by atoms with van der Waals surface area (Å²) in [7, 11) is 0. The highest BCUT2D eigenvalue weighted by Gasteiger charge is 2.27. The van der Waals surface area contributed by atoms with E-state index in [9.17, 15) is 18.0 Å². The van der Waals surface area contributed by atoms with Gasteiger partial charge in [-0.05, 0) is 34.5 Å². The van der Waals surface area contributed by atoms with Crippen LogP contribution in [-0.4, -0.2) is 30.3 Å². The number of ether oxygens (including phenoxy) is 1. The normalized spacial score (nSPS) is 11.4. The van der Waals surface area contributed by atoms with Gasteiger partial charge in [0, 0.05) is 10.7 Å². The van der Waals surface area contributed by atoms with E-state index in [-0.39, 0.29) is 13.0 Å². The number of amides is 1. The number of pyridine rings is 1. The fourth-order valence-corrected chi connectivity index (χ4v) is 1.66. The van der Waals surface area contributed by atoms with Crippen LogP contribution in [0, 0.1) is 6.92 Å². The van der Waals surface area contributed by atoms with Gasteiger partial charge in [-0.15, -0.1) is 0 Å². The van der Waals surface area contributed by atoms with E-state index in [4.69, 9.17) is 0 Å². The van der Waals surface area contributed by atoms with Crippen molar-refractivity contribution in [3.8, 4) is 0 Å². The van der Waals surface area contributed by atoms with Crippen molar-refractivity contribution in [2.75, 3.05) is 18.5 Å². The number of rotatable bonds is 5. The Bertz CT molecular complexity index is 452. The Morgan fingerprint density at radius 1 is 1.53 bits per heavy atom. The van der Waals surface area contributed by atoms with Crippen LogP contribution in [0.4, 0.5) is 19.0 Å². The molecule has 0 atom stereocenters. The summed E-state index contributed by atoms with van der Waals surface area (Å²) in [6.07, 6.45) is -3.02. The second kappa shape index (κ2) is 6.85. The summed E-state index contributed by atoms with van der Waals surface area (Å²) in [6.45, 7) is 0.115. The Hall–Kier alpha value is -1.15. The molecule has 0 aromatic carbocycles. The van der Waals surface area contributed by atoms with Crippen molar-refractivity contribution < 1.29 is 22.7 Å². The molecule has 106 valence electrons. The molecule has 0 saturated carbocycles. The minimum Gasteiger partial charge on any atom is -0.372 e. The first-order chi connectivity index (χ1) is 8.78. The van der Waals surface area contributed by atoms with E-state index < -0.39 is 18.7 Å². The number of hydrogen-bond acceptors (Lipinski definition) is 3. The number of alkyl halides is 3. The molecule has 0 aliphatic heterocycles. The molecular weight excluding hydrogens is 329 g/mol. The summed E-state index contributed by atoms with van der Waals surface area (Å²) in [4.78, 5) is 15.4. The van der Waals surface area contributed by atoms with Crippen LogP contribution < -0.4 is 5.32 Å². The fourth-order valence-electron chi connectivity index (χ4n) is 1.22. The lowest BCUT2D eigenvalue weighted by Crippen LogP contribution is -2.20. The maximum Gasteiger partial charge on any atom is 0.411 e. The largest absolute Gasteiger partial charge is 0.411 e. The van der Waals surface area contributed by atoms with Gasteiger partial charge in [-0.1, -0.05) is 0 Å². The Morgan fingerprint density at radius 2 is 2.21 bits per heavy atom. The molecule has 1 amide bonds. The van der Waals surface area contributed by atoms with Crippen LogP contribution in [0.25, 0.3) is 0 Å². The second-order valence-corrected chi connectivity index (χ2v) is 4.70. The maximum atomic E-state index is 11.8. The van der Waals surface area contributed by atoms with E-state index in [1.807, 2.05) is 0 Å². The molecule has 0 radical (unpaired) electrons. The molecule has 0 fully saturated rings. The summed E-state index contributed by atoms with van der Waals surface area (Å²) < 4.78 is 40.4. The van der Waals surface area contributed by atoms with Crippen molar-refractivity contribution in [3.63, 3.8) is 0 Å². The summed E-state index contributed by atoms with van der Waals surface area (Å²) >= 11 is 3.23. The van der Waals surface area contributed by atoms with Gasteiger partial charge in [-0.25, -0.2) is 4.98 Å². The van der Waals surface area contributed by atoms with Crippen molar-refractivity contribution in [1.29, 1.82) is 0 Å². The standard InChI is InChI=1S/C11H12BrF3N2O2/c1-7-4-8(12)5-16-10(7)17-9(18)2-3-19-6-11(13,14)15/h4-5H,2-3,6H2,1H3,(H,16,17,18). The van der Waals surface area contributed by atoms with Gasteiger partial charge in [-0.3, -0.25) is 4.79 Å². The minimum absolute atomic E-state index is 0.159. The molecule has 0 unspecified atom stereocenters. The molecule has 1 aromatic rings. The topological polar surface area (TPSA) is 51.2 Å². The van der Waals surface area contributed by atoms with E-state index >= 15 is 0 Å². The van der Waals surface area contributed by atoms with Crippen molar-refractivity contribution >= 4 is 27.7 Å². The van der Waals surface area contributed by atoms with Gasteiger partial charge >= 0.3 is 6.18 Å². The van der Waals surface area contributed by atoms with Gasteiger partial charge in [0.2, 0.25) is 5.91 Å². The number of carbonyl (C=O) groups is 1. The lowest BCUT2D eigenvalue weighted by atomic mass is 10.3. The fraction of sp³-hybridized carbons (Fsp3) is 0.455. The zero-order valence-corrected chi connectivity index (χ0v) is 11.6. The van der Waals surface area contributed by atoms with Crippen molar-refractivity contribution in [1.82, 2.24) is 4.98 Å². The number of aromatic nitrogens is 1. The highest BCUT2D eigenvalue weighted by molar-refractivity contribution is 9.10. The van der Waals surface area contributed by atoms with Crippen molar-refractivity contribution in [3.05, 3.63) is 22.3 Å². The smallest absolute Gasteiger partial charge is 0.372 e. The average molecular weight is 341 g/mol. The first-order valence-electron chi connectivity index (χ1n) is 5.34. The number of anilines is 1. The molecule has 0 aliphatic carbocycles. The van der Waals surface area contributed by atoms with Gasteiger partial charge < -0.3 is 10.1 Å². The minimum atomic E-state index is -4.37. The number of carbonyl (C=O) groups excluding carboxylic acids is 1. The van der Waals surface area contributed by atoms with E-state index in [1.165, 1.54) is 6.20 Å². The highest BCUT2D eigenvalue weighted by Crippen LogP contribution is 2.17. The molecule has 19 heavy (non-hydrogen) atoms. The summed E-state index contributed by atoms with van der Waals surface area (Å²) in [5.41, 5.74) is 0.749. The molecule has 0 saturated heterocycles. The highest BCUT2D eigenvalue weighted by atomic mass is 79.9. The molecular formula is C11H12BrF3N2O2. The lowest BCUT2D eigenvalue weighted by molar-refractivity contribution is -0.174. The van der Waals surface area contributed by atoms with Gasteiger partial charge in [0.05, 0.1) is 13.0 Å². The summed E-state index contributed by atoms with van der Waals surface area (Å²) in [6, 6.07) is 1.77. The van der Waals surface area contributed by atoms with Crippen LogP contribution in [0.5, 0.6) is 0 Å². The third kappa shape index (κ3) is 6.53. The Labute approximate surface area is 116 Å². The quantitative estimate of drug-likeness (QED) is 0.838. The van der Waals surface area contributed by atoms with E-state index in [0.717, 1.165) is 10.0 Å². The molecule has 0 bridgehead atoms. The van der Waals surface area contributed by atoms with E-state index in [1.54, 1.807) is 13.0 Å². The predicted molar refractivity (Wildman–Crippen MR) is 66.8 cm³/mol. The first kappa shape index (κ1) is 15.9. The van der Waals surface area contributed by atoms with Gasteiger partial charge in [-0.2, -0.15) is 13.2 Å². The van der Waals surface area contributed by atoms with Crippen LogP contribution in [0.2, 0.25) is 0 Å². The number of aryl methyl sites for hydroxylation is 1. The monoisotopic (exact) mass is 340 g/mol. The molecule has 1 aromatic heterocycles. The van der Waals surface area contributed by atoms with Crippen LogP contribution in [0.1, 0.15) is 12.0 Å². The van der Waals surface area contributed by atoms with Gasteiger partial charge in [0.15, 0.2) is 0 Å². The van der Waals surface area contributed by atoms with Gasteiger partial charge in [0.1, 0.15) is 12.4 Å². The zero-order valence-electron chi connectivity index (χ0n) is 10.1. The van der Waals surface area contributed by atoms with Crippen LogP contribution in [0.3, 0.4) is 0 Å². The third-order valence-electron chi connectivity index (χ3n) is 2.04. The Kier molecular flexibility index (Phi) is 5.74. The maximum absolute atomic E-state index is 11.8. The van der Waals surface area contributed by atoms with Crippen LogP contribution >= 0.6 is 15.9 Å². The van der Waals surface area contributed by atoms with Gasteiger partial charge in [0.25, 0.3) is 0 Å². The SMILES string of the molecule is Cc1cc(Br)cnc1NC(=O)CCOCC(F)(F)F. The van der Waals surface area contributed by atoms with Crippen molar-refractivity contribution in [2.24, 2.45) is 0 Å². The number of nitrogens with one attached hydrogen (secondary N) is 1. The predicted octanol–water partition coefficient (Wildman–Crippen LogP) is 3.06. The summed E-state index contributed by atoms with van der Waals surface area (Å²) in [5, 5.41) is 2.50. The Balaban J connectivity index is 2.35. The number of hydrogen-bond donors (Lipinski definition) is 1. The molecule has 1 heterocycles. The van der Waals surface area contributed by atoms with E-state index in [2.05, 4.69) is 31.0 Å². The lowest BCUT2D eigenvalue weighted by Gasteiger charge is -2.09. The van der Waals surface area contributed by atoms with Crippen LogP contribution in [-0.2, 0) is 9.53 Å². The Morgan fingerprint density at radius 3 is 2.79 bits per heavy atom.